The van der Waals surface area contributed by atoms with Gasteiger partial charge < -0.3 is 0 Å². The Morgan fingerprint density at radius 3 is 2.32 bits per heavy atom. The molecule has 168 valence electrons. The standard InChI is InChI=1S/C14H15F2N3O.C8H9F.C2H6/c1-4-17-12(8(2)3)14-18-13(19-20-14)10-7-9(15)5-6-11(10)16;1-2-7-5-3-4-6-8(7)9;1-2/h4-7,14H,1-3H3,(H,18,19);3-6H,2H2,1H3;1-2H3. The summed E-state index contributed by atoms with van der Waals surface area (Å²) in [5.74, 6) is -1.06. The molecule has 2 aromatic rings. The number of hydrogen-bond acceptors (Lipinski definition) is 4. The second-order valence-corrected chi connectivity index (χ2v) is 6.39. The van der Waals surface area contributed by atoms with E-state index in [1.54, 1.807) is 25.3 Å². The molecule has 0 bridgehead atoms. The van der Waals surface area contributed by atoms with Crippen LogP contribution in [-0.4, -0.2) is 18.3 Å². The first kappa shape index (κ1) is 26.1. The van der Waals surface area contributed by atoms with E-state index >= 15 is 0 Å². The summed E-state index contributed by atoms with van der Waals surface area (Å²) in [6, 6.07) is 10.0. The molecule has 0 amide bonds. The van der Waals surface area contributed by atoms with Gasteiger partial charge in [-0.2, -0.15) is 0 Å². The van der Waals surface area contributed by atoms with Gasteiger partial charge in [0.1, 0.15) is 17.5 Å². The molecule has 31 heavy (non-hydrogen) atoms. The molecule has 1 atom stereocenters. The Morgan fingerprint density at radius 2 is 1.77 bits per heavy atom. The van der Waals surface area contributed by atoms with Crippen LogP contribution in [0.15, 0.2) is 63.7 Å². The molecule has 3 rings (SSSR count). The molecule has 1 N–H and O–H groups in total. The maximum Gasteiger partial charge on any atom is 0.219 e. The minimum Gasteiger partial charge on any atom is -0.261 e. The summed E-state index contributed by atoms with van der Waals surface area (Å²) in [6.45, 7) is 11.5. The Bertz CT molecular complexity index is 935. The Hall–Kier alpha value is -2.93. The predicted octanol–water partition coefficient (Wildman–Crippen LogP) is 6.37. The lowest BCUT2D eigenvalue weighted by molar-refractivity contribution is 0.0594. The van der Waals surface area contributed by atoms with Crippen LogP contribution in [0.3, 0.4) is 0 Å². The minimum absolute atomic E-state index is 0.0288. The van der Waals surface area contributed by atoms with Crippen molar-refractivity contribution < 1.29 is 18.0 Å². The van der Waals surface area contributed by atoms with Gasteiger partial charge in [-0.15, -0.1) is 0 Å². The molecule has 0 aromatic heterocycles. The number of allylic oxidation sites excluding steroid dienone is 1. The summed E-state index contributed by atoms with van der Waals surface area (Å²) >= 11 is 0. The maximum absolute atomic E-state index is 13.7. The monoisotopic (exact) mass is 433 g/mol. The number of benzene rings is 2. The smallest absolute Gasteiger partial charge is 0.219 e. The fraction of sp³-hybridized carbons (Fsp3) is 0.333. The first-order chi connectivity index (χ1) is 14.9. The number of aliphatic imine (C=N–C) groups is 2. The number of nitrogens with one attached hydrogen (secondary N) is 1. The molecule has 0 radical (unpaired) electrons. The molecule has 1 heterocycles. The maximum atomic E-state index is 13.7. The molecule has 0 saturated heterocycles. The van der Waals surface area contributed by atoms with Crippen LogP contribution in [0.1, 0.15) is 52.7 Å². The van der Waals surface area contributed by atoms with E-state index < -0.39 is 17.9 Å². The fourth-order valence-electron chi connectivity index (χ4n) is 2.57. The molecule has 1 unspecified atom stereocenters. The molecule has 0 fully saturated rings. The van der Waals surface area contributed by atoms with Gasteiger partial charge in [0, 0.05) is 6.21 Å². The summed E-state index contributed by atoms with van der Waals surface area (Å²) in [7, 11) is 0. The van der Waals surface area contributed by atoms with Crippen molar-refractivity contribution in [2.24, 2.45) is 9.98 Å². The number of hydroxylamine groups is 1. The van der Waals surface area contributed by atoms with Gasteiger partial charge >= 0.3 is 0 Å². The molecule has 4 nitrogen and oxygen atoms in total. The quantitative estimate of drug-likeness (QED) is 0.570. The number of nitrogens with zero attached hydrogens (tertiary/aromatic N) is 2. The van der Waals surface area contributed by atoms with Crippen molar-refractivity contribution in [3.63, 3.8) is 0 Å². The Balaban J connectivity index is 0.000000365. The van der Waals surface area contributed by atoms with Crippen LogP contribution in [0, 0.1) is 17.5 Å². The predicted molar refractivity (Wildman–Crippen MR) is 121 cm³/mol. The van der Waals surface area contributed by atoms with E-state index in [0.29, 0.717) is 5.70 Å². The van der Waals surface area contributed by atoms with Crippen LogP contribution in [0.5, 0.6) is 0 Å². The summed E-state index contributed by atoms with van der Waals surface area (Å²) < 4.78 is 39.4. The topological polar surface area (TPSA) is 46.0 Å². The zero-order valence-electron chi connectivity index (χ0n) is 18.8. The van der Waals surface area contributed by atoms with Gasteiger partial charge in [-0.3, -0.25) is 4.99 Å². The highest BCUT2D eigenvalue weighted by molar-refractivity contribution is 5.99. The first-order valence-corrected chi connectivity index (χ1v) is 10.2. The third-order valence-electron chi connectivity index (χ3n) is 4.05. The highest BCUT2D eigenvalue weighted by Gasteiger charge is 2.25. The number of amidine groups is 1. The van der Waals surface area contributed by atoms with Crippen LogP contribution >= 0.6 is 0 Å². The molecule has 0 spiro atoms. The first-order valence-electron chi connectivity index (χ1n) is 10.2. The van der Waals surface area contributed by atoms with E-state index in [2.05, 4.69) is 15.5 Å². The van der Waals surface area contributed by atoms with Crippen molar-refractivity contribution in [3.8, 4) is 0 Å². The van der Waals surface area contributed by atoms with Crippen LogP contribution in [-0.2, 0) is 11.3 Å². The number of rotatable bonds is 4. The zero-order chi connectivity index (χ0) is 23.4. The molecule has 0 saturated carbocycles. The summed E-state index contributed by atoms with van der Waals surface area (Å²) in [5, 5.41) is 0. The van der Waals surface area contributed by atoms with Crippen molar-refractivity contribution in [3.05, 3.63) is 82.3 Å². The molecular weight excluding hydrogens is 403 g/mol. The van der Waals surface area contributed by atoms with Gasteiger partial charge in [-0.25, -0.2) is 28.5 Å². The fourth-order valence-corrected chi connectivity index (χ4v) is 2.57. The summed E-state index contributed by atoms with van der Waals surface area (Å²) in [5.41, 5.74) is 4.90. The van der Waals surface area contributed by atoms with Crippen LogP contribution in [0.2, 0.25) is 0 Å². The molecule has 1 aliphatic heterocycles. The lowest BCUT2D eigenvalue weighted by Crippen LogP contribution is -2.21. The van der Waals surface area contributed by atoms with Gasteiger partial charge in [-0.05, 0) is 57.0 Å². The number of halogens is 3. The normalized spacial score (nSPS) is 14.6. The van der Waals surface area contributed by atoms with E-state index in [0.717, 1.165) is 35.8 Å². The van der Waals surface area contributed by atoms with Gasteiger partial charge in [0.2, 0.25) is 6.23 Å². The van der Waals surface area contributed by atoms with Crippen molar-refractivity contribution in [2.45, 2.75) is 54.2 Å². The average molecular weight is 434 g/mol. The molecular formula is C24H30F3N3O. The minimum atomic E-state index is -0.672. The molecule has 0 aliphatic carbocycles. The van der Waals surface area contributed by atoms with Gasteiger partial charge in [0.15, 0.2) is 5.84 Å². The van der Waals surface area contributed by atoms with Crippen molar-refractivity contribution >= 4 is 12.1 Å². The van der Waals surface area contributed by atoms with E-state index in [1.165, 1.54) is 6.07 Å². The van der Waals surface area contributed by atoms with Crippen molar-refractivity contribution in [2.75, 3.05) is 0 Å². The van der Waals surface area contributed by atoms with Crippen LogP contribution < -0.4 is 5.48 Å². The van der Waals surface area contributed by atoms with Gasteiger partial charge in [0.05, 0.1) is 11.3 Å². The van der Waals surface area contributed by atoms with E-state index in [4.69, 9.17) is 4.84 Å². The third-order valence-corrected chi connectivity index (χ3v) is 4.05. The zero-order valence-corrected chi connectivity index (χ0v) is 18.8. The highest BCUT2D eigenvalue weighted by Crippen LogP contribution is 2.20. The number of aryl methyl sites for hydroxylation is 1. The largest absolute Gasteiger partial charge is 0.261 e. The van der Waals surface area contributed by atoms with E-state index in [1.807, 2.05) is 40.7 Å². The van der Waals surface area contributed by atoms with Crippen molar-refractivity contribution in [1.82, 2.24) is 5.48 Å². The Labute approximate surface area is 182 Å². The molecule has 1 aliphatic rings. The molecule has 7 heteroatoms. The lowest BCUT2D eigenvalue weighted by atomic mass is 10.2. The van der Waals surface area contributed by atoms with Gasteiger partial charge in [0.25, 0.3) is 0 Å². The van der Waals surface area contributed by atoms with E-state index in [-0.39, 0.29) is 17.2 Å². The third kappa shape index (κ3) is 7.68. The average Bonchev–Trinajstić information content (AvgIpc) is 3.25. The highest BCUT2D eigenvalue weighted by atomic mass is 19.1. The van der Waals surface area contributed by atoms with Crippen LogP contribution in [0.4, 0.5) is 13.2 Å². The Morgan fingerprint density at radius 1 is 1.10 bits per heavy atom. The van der Waals surface area contributed by atoms with Gasteiger partial charge in [-0.1, -0.05) is 44.5 Å². The number of hydrogen-bond donors (Lipinski definition) is 1. The van der Waals surface area contributed by atoms with Crippen LogP contribution in [0.25, 0.3) is 0 Å². The molecule has 2 aromatic carbocycles. The second kappa shape index (κ2) is 13.4. The lowest BCUT2D eigenvalue weighted by Gasteiger charge is -2.08. The van der Waals surface area contributed by atoms with E-state index in [9.17, 15) is 13.2 Å². The van der Waals surface area contributed by atoms with Crippen molar-refractivity contribution in [1.29, 1.82) is 0 Å². The SMILES string of the molecule is CC.CC=NC(=C(C)C)C1N=C(c2cc(F)ccc2F)NO1.CCc1ccccc1F. The Kier molecular flexibility index (Phi) is 11.3. The second-order valence-electron chi connectivity index (χ2n) is 6.39. The summed E-state index contributed by atoms with van der Waals surface area (Å²) in [6.07, 6.45) is 1.73. The summed E-state index contributed by atoms with van der Waals surface area (Å²) in [4.78, 5) is 13.7.